The molecule has 0 unspecified atom stereocenters. The third-order valence-electron chi connectivity index (χ3n) is 2.98. The fourth-order valence-electron chi connectivity index (χ4n) is 2.04. The molecule has 5 heteroatoms. The zero-order valence-corrected chi connectivity index (χ0v) is 12.6. The van der Waals surface area contributed by atoms with Crippen molar-refractivity contribution in [1.82, 2.24) is 5.16 Å². The summed E-state index contributed by atoms with van der Waals surface area (Å²) in [6, 6.07) is 15.2. The van der Waals surface area contributed by atoms with E-state index in [0.717, 1.165) is 21.2 Å². The van der Waals surface area contributed by atoms with Crippen molar-refractivity contribution >= 4 is 33.4 Å². The Bertz CT molecular complexity index is 753. The lowest BCUT2D eigenvalue weighted by atomic mass is 10.0. The van der Waals surface area contributed by atoms with Gasteiger partial charge in [0.05, 0.1) is 5.56 Å². The summed E-state index contributed by atoms with van der Waals surface area (Å²) in [5.74, 6) is 0.290. The molecule has 0 saturated heterocycles. The van der Waals surface area contributed by atoms with Crippen LogP contribution in [0.15, 0.2) is 57.5 Å². The summed E-state index contributed by atoms with van der Waals surface area (Å²) in [4.78, 5) is 0. The zero-order valence-electron chi connectivity index (χ0n) is 10.3. The first-order valence-electron chi connectivity index (χ1n) is 5.93. The van der Waals surface area contributed by atoms with Crippen LogP contribution in [0.2, 0.25) is 5.02 Å². The first kappa shape index (κ1) is 13.2. The van der Waals surface area contributed by atoms with Crippen LogP contribution in [0.25, 0.3) is 22.4 Å². The molecular weight excluding hydrogens is 340 g/mol. The molecule has 3 nitrogen and oxygen atoms in total. The Kier molecular flexibility index (Phi) is 3.51. The molecule has 3 aromatic rings. The average Bonchev–Trinajstić information content (AvgIpc) is 2.82. The van der Waals surface area contributed by atoms with Crippen LogP contribution in [0.1, 0.15) is 0 Å². The second-order valence-corrected chi connectivity index (χ2v) is 5.55. The maximum atomic E-state index is 5.92. The number of nitrogens with two attached hydrogens (primary N) is 1. The molecule has 20 heavy (non-hydrogen) atoms. The van der Waals surface area contributed by atoms with Gasteiger partial charge in [0.1, 0.15) is 5.69 Å². The minimum atomic E-state index is 0.290. The highest BCUT2D eigenvalue weighted by Gasteiger charge is 2.18. The molecule has 3 rings (SSSR count). The summed E-state index contributed by atoms with van der Waals surface area (Å²) in [6.07, 6.45) is 0. The second kappa shape index (κ2) is 5.31. The van der Waals surface area contributed by atoms with E-state index in [1.807, 2.05) is 48.5 Å². The minimum Gasteiger partial charge on any atom is -0.367 e. The molecule has 100 valence electrons. The first-order chi connectivity index (χ1) is 9.66. The van der Waals surface area contributed by atoms with Gasteiger partial charge in [0.25, 0.3) is 0 Å². The molecule has 0 radical (unpaired) electrons. The van der Waals surface area contributed by atoms with E-state index in [1.165, 1.54) is 0 Å². The summed E-state index contributed by atoms with van der Waals surface area (Å²) in [7, 11) is 0. The van der Waals surface area contributed by atoms with E-state index in [-0.39, 0.29) is 5.88 Å². The van der Waals surface area contributed by atoms with Crippen LogP contribution >= 0.6 is 27.5 Å². The van der Waals surface area contributed by atoms with E-state index in [4.69, 9.17) is 21.9 Å². The van der Waals surface area contributed by atoms with E-state index in [9.17, 15) is 0 Å². The topological polar surface area (TPSA) is 52.0 Å². The Morgan fingerprint density at radius 3 is 2.45 bits per heavy atom. The van der Waals surface area contributed by atoms with Crippen molar-refractivity contribution in [3.8, 4) is 22.4 Å². The number of hydrogen-bond donors (Lipinski definition) is 1. The maximum Gasteiger partial charge on any atom is 0.230 e. The number of nitrogens with zero attached hydrogens (tertiary/aromatic N) is 1. The van der Waals surface area contributed by atoms with Crippen molar-refractivity contribution in [3.63, 3.8) is 0 Å². The summed E-state index contributed by atoms with van der Waals surface area (Å²) in [6.45, 7) is 0. The van der Waals surface area contributed by atoms with Gasteiger partial charge in [-0.1, -0.05) is 63.0 Å². The van der Waals surface area contributed by atoms with E-state index in [1.54, 1.807) is 0 Å². The highest BCUT2D eigenvalue weighted by molar-refractivity contribution is 9.10. The van der Waals surface area contributed by atoms with Gasteiger partial charge < -0.3 is 10.3 Å². The van der Waals surface area contributed by atoms with Crippen molar-refractivity contribution in [2.45, 2.75) is 0 Å². The van der Waals surface area contributed by atoms with Gasteiger partial charge in [0, 0.05) is 15.1 Å². The number of halogens is 2. The largest absolute Gasteiger partial charge is 0.367 e. The fraction of sp³-hybridized carbons (Fsp3) is 0. The molecule has 0 bridgehead atoms. The van der Waals surface area contributed by atoms with Crippen LogP contribution < -0.4 is 5.73 Å². The molecular formula is C15H10BrClN2O. The minimum absolute atomic E-state index is 0.290. The molecule has 0 spiro atoms. The Morgan fingerprint density at radius 2 is 1.75 bits per heavy atom. The van der Waals surface area contributed by atoms with Crippen molar-refractivity contribution < 1.29 is 4.52 Å². The molecule has 0 fully saturated rings. The SMILES string of the molecule is Nc1onc(-c2ccccc2Br)c1-c1ccc(Cl)cc1. The van der Waals surface area contributed by atoms with Gasteiger partial charge in [-0.3, -0.25) is 0 Å². The molecule has 0 aliphatic rings. The summed E-state index contributed by atoms with van der Waals surface area (Å²) < 4.78 is 6.10. The summed E-state index contributed by atoms with van der Waals surface area (Å²) in [5, 5.41) is 4.76. The third kappa shape index (κ3) is 2.32. The first-order valence-corrected chi connectivity index (χ1v) is 7.10. The van der Waals surface area contributed by atoms with Gasteiger partial charge >= 0.3 is 0 Å². The lowest BCUT2D eigenvalue weighted by Gasteiger charge is -2.04. The monoisotopic (exact) mass is 348 g/mol. The van der Waals surface area contributed by atoms with Gasteiger partial charge in [0.2, 0.25) is 5.88 Å². The summed E-state index contributed by atoms with van der Waals surface area (Å²) >= 11 is 9.43. The predicted octanol–water partition coefficient (Wildman–Crippen LogP) is 5.01. The van der Waals surface area contributed by atoms with Gasteiger partial charge in [-0.25, -0.2) is 0 Å². The molecule has 2 aromatic carbocycles. The van der Waals surface area contributed by atoms with E-state index in [0.29, 0.717) is 10.7 Å². The molecule has 0 aliphatic heterocycles. The number of hydrogen-bond acceptors (Lipinski definition) is 3. The standard InChI is InChI=1S/C15H10BrClN2O/c16-12-4-2-1-3-11(12)14-13(15(18)20-19-14)9-5-7-10(17)8-6-9/h1-8H,18H2. The maximum absolute atomic E-state index is 5.92. The van der Waals surface area contributed by atoms with E-state index < -0.39 is 0 Å². The molecule has 0 atom stereocenters. The van der Waals surface area contributed by atoms with Gasteiger partial charge in [-0.2, -0.15) is 0 Å². The van der Waals surface area contributed by atoms with Crippen LogP contribution in [0.4, 0.5) is 5.88 Å². The van der Waals surface area contributed by atoms with Crippen molar-refractivity contribution in [2.24, 2.45) is 0 Å². The highest BCUT2D eigenvalue weighted by atomic mass is 79.9. The number of anilines is 1. The van der Waals surface area contributed by atoms with Crippen molar-refractivity contribution in [1.29, 1.82) is 0 Å². The van der Waals surface area contributed by atoms with Gasteiger partial charge in [-0.15, -0.1) is 0 Å². The quantitative estimate of drug-likeness (QED) is 0.708. The number of rotatable bonds is 2. The van der Waals surface area contributed by atoms with E-state index >= 15 is 0 Å². The zero-order chi connectivity index (χ0) is 14.1. The fourth-order valence-corrected chi connectivity index (χ4v) is 2.63. The smallest absolute Gasteiger partial charge is 0.230 e. The Balaban J connectivity index is 2.20. The number of benzene rings is 2. The average molecular weight is 350 g/mol. The highest BCUT2D eigenvalue weighted by Crippen LogP contribution is 2.39. The van der Waals surface area contributed by atoms with Crippen LogP contribution in [-0.2, 0) is 0 Å². The van der Waals surface area contributed by atoms with E-state index in [2.05, 4.69) is 21.1 Å². The van der Waals surface area contributed by atoms with Crippen LogP contribution in [0, 0.1) is 0 Å². The van der Waals surface area contributed by atoms with Crippen LogP contribution in [-0.4, -0.2) is 5.16 Å². The predicted molar refractivity (Wildman–Crippen MR) is 84.5 cm³/mol. The lowest BCUT2D eigenvalue weighted by Crippen LogP contribution is -1.88. The van der Waals surface area contributed by atoms with Crippen LogP contribution in [0.3, 0.4) is 0 Å². The second-order valence-electron chi connectivity index (χ2n) is 4.26. The normalized spacial score (nSPS) is 10.7. The molecule has 1 heterocycles. The molecule has 0 aliphatic carbocycles. The number of nitrogen functional groups attached to an aromatic ring is 1. The Hall–Kier alpha value is -1.78. The Labute approximate surface area is 129 Å². The molecule has 0 amide bonds. The van der Waals surface area contributed by atoms with Gasteiger partial charge in [-0.05, 0) is 23.8 Å². The molecule has 2 N–H and O–H groups in total. The molecule has 1 aromatic heterocycles. The summed E-state index contributed by atoms with van der Waals surface area (Å²) in [5.41, 5.74) is 9.24. The lowest BCUT2D eigenvalue weighted by molar-refractivity contribution is 0.439. The van der Waals surface area contributed by atoms with Crippen molar-refractivity contribution in [2.75, 3.05) is 5.73 Å². The van der Waals surface area contributed by atoms with Gasteiger partial charge in [0.15, 0.2) is 0 Å². The molecule has 0 saturated carbocycles. The van der Waals surface area contributed by atoms with Crippen LogP contribution in [0.5, 0.6) is 0 Å². The Morgan fingerprint density at radius 1 is 1.05 bits per heavy atom. The van der Waals surface area contributed by atoms with Crippen molar-refractivity contribution in [3.05, 3.63) is 58.0 Å². The third-order valence-corrected chi connectivity index (χ3v) is 3.92. The number of aromatic nitrogens is 1.